The maximum atomic E-state index is 8.88. The minimum Gasteiger partial charge on any atom is -0.466 e. The first-order chi connectivity index (χ1) is 6.33. The summed E-state index contributed by atoms with van der Waals surface area (Å²) in [5.41, 5.74) is 5.66. The number of hydrogen-bond donors (Lipinski definition) is 2. The number of aliphatic hydroxyl groups excluding tert-OH is 1. The zero-order valence-electron chi connectivity index (χ0n) is 7.10. The average Bonchev–Trinajstić information content (AvgIpc) is 2.60. The first kappa shape index (κ1) is 8.29. The monoisotopic (exact) mass is 177 g/mol. The van der Waals surface area contributed by atoms with Crippen LogP contribution in [0.5, 0.6) is 0 Å². The maximum Gasteiger partial charge on any atom is 0.130 e. The van der Waals surface area contributed by atoms with E-state index in [4.69, 9.17) is 15.3 Å². The molecule has 0 bridgehead atoms. The molecule has 0 aliphatic carbocycles. The summed E-state index contributed by atoms with van der Waals surface area (Å²) < 4.78 is 5.28. The topological polar surface area (TPSA) is 59.4 Å². The number of hydrogen-bond acceptors (Lipinski definition) is 3. The molecule has 0 saturated heterocycles. The Morgan fingerprint density at radius 3 is 2.92 bits per heavy atom. The number of rotatable bonds is 2. The van der Waals surface area contributed by atoms with Crippen LogP contribution in [0.2, 0.25) is 0 Å². The first-order valence-corrected chi connectivity index (χ1v) is 4.15. The van der Waals surface area contributed by atoms with Crippen LogP contribution in [0.15, 0.2) is 34.9 Å². The van der Waals surface area contributed by atoms with Gasteiger partial charge in [-0.25, -0.2) is 0 Å². The Balaban J connectivity index is 2.57. The molecule has 0 spiro atoms. The largest absolute Gasteiger partial charge is 0.466 e. The van der Waals surface area contributed by atoms with E-state index in [9.17, 15) is 0 Å². The van der Waals surface area contributed by atoms with Crippen molar-refractivity contribution in [3.63, 3.8) is 0 Å². The van der Waals surface area contributed by atoms with Gasteiger partial charge in [-0.15, -0.1) is 0 Å². The molecule has 0 amide bonds. The van der Waals surface area contributed by atoms with Gasteiger partial charge in [-0.2, -0.15) is 0 Å². The van der Waals surface area contributed by atoms with Crippen molar-refractivity contribution < 1.29 is 9.52 Å². The summed E-state index contributed by atoms with van der Waals surface area (Å²) in [6.45, 7) is -0.0997. The van der Waals surface area contributed by atoms with Crippen molar-refractivity contribution in [2.45, 2.75) is 6.04 Å². The summed E-state index contributed by atoms with van der Waals surface area (Å²) in [7, 11) is 0. The van der Waals surface area contributed by atoms with Crippen molar-refractivity contribution in [3.8, 4) is 0 Å². The van der Waals surface area contributed by atoms with Gasteiger partial charge >= 0.3 is 0 Å². The van der Waals surface area contributed by atoms with Crippen LogP contribution in [-0.4, -0.2) is 11.7 Å². The molecule has 0 saturated carbocycles. The smallest absolute Gasteiger partial charge is 0.130 e. The Kier molecular flexibility index (Phi) is 2.04. The van der Waals surface area contributed by atoms with E-state index in [1.54, 1.807) is 6.26 Å². The Labute approximate surface area is 75.8 Å². The molecule has 1 heterocycles. The second-order valence-corrected chi connectivity index (χ2v) is 2.98. The van der Waals surface area contributed by atoms with Gasteiger partial charge in [-0.1, -0.05) is 24.3 Å². The van der Waals surface area contributed by atoms with E-state index in [1.165, 1.54) is 0 Å². The van der Waals surface area contributed by atoms with Gasteiger partial charge in [-0.05, 0) is 0 Å². The van der Waals surface area contributed by atoms with Crippen molar-refractivity contribution in [2.75, 3.05) is 6.61 Å². The Morgan fingerprint density at radius 2 is 2.15 bits per heavy atom. The number of aliphatic hydroxyl groups is 1. The molecule has 1 atom stereocenters. The molecule has 68 valence electrons. The molecule has 1 unspecified atom stereocenters. The third-order valence-electron chi connectivity index (χ3n) is 2.07. The van der Waals surface area contributed by atoms with E-state index in [2.05, 4.69) is 0 Å². The van der Waals surface area contributed by atoms with Gasteiger partial charge in [0.1, 0.15) is 5.76 Å². The van der Waals surface area contributed by atoms with E-state index in [0.717, 1.165) is 10.8 Å². The highest BCUT2D eigenvalue weighted by Gasteiger charge is 2.12. The van der Waals surface area contributed by atoms with E-state index in [1.807, 2.05) is 24.3 Å². The molecule has 1 aromatic carbocycles. The standard InChI is InChI=1S/C10H11NO2/c11-9(5-12)10-8-4-2-1-3-7(8)6-13-10/h1-4,6,9,12H,5,11H2. The normalized spacial score (nSPS) is 13.4. The highest BCUT2D eigenvalue weighted by Crippen LogP contribution is 2.24. The van der Waals surface area contributed by atoms with Crippen molar-refractivity contribution >= 4 is 10.8 Å². The summed E-state index contributed by atoms with van der Waals surface area (Å²) in [6.07, 6.45) is 1.65. The lowest BCUT2D eigenvalue weighted by molar-refractivity contribution is 0.253. The van der Waals surface area contributed by atoms with Crippen LogP contribution in [0, 0.1) is 0 Å². The van der Waals surface area contributed by atoms with Crippen LogP contribution in [-0.2, 0) is 0 Å². The Hall–Kier alpha value is -1.32. The Bertz CT molecular complexity index is 408. The minimum absolute atomic E-state index is 0.0997. The molecule has 3 nitrogen and oxygen atoms in total. The second kappa shape index (κ2) is 3.20. The lowest BCUT2D eigenvalue weighted by Crippen LogP contribution is -2.13. The molecule has 2 aromatic rings. The van der Waals surface area contributed by atoms with Crippen LogP contribution in [0.1, 0.15) is 11.8 Å². The highest BCUT2D eigenvalue weighted by molar-refractivity contribution is 5.84. The number of nitrogens with two attached hydrogens (primary N) is 1. The fourth-order valence-corrected chi connectivity index (χ4v) is 1.38. The van der Waals surface area contributed by atoms with Crippen LogP contribution in [0.3, 0.4) is 0 Å². The lowest BCUT2D eigenvalue weighted by atomic mass is 10.1. The van der Waals surface area contributed by atoms with E-state index >= 15 is 0 Å². The van der Waals surface area contributed by atoms with Crippen LogP contribution >= 0.6 is 0 Å². The number of furan rings is 1. The first-order valence-electron chi connectivity index (χ1n) is 4.15. The van der Waals surface area contributed by atoms with Gasteiger partial charge in [0, 0.05) is 10.8 Å². The third kappa shape index (κ3) is 1.32. The number of fused-ring (bicyclic) bond motifs is 1. The van der Waals surface area contributed by atoms with Gasteiger partial charge in [0.25, 0.3) is 0 Å². The van der Waals surface area contributed by atoms with Gasteiger partial charge in [0.15, 0.2) is 0 Å². The molecule has 0 fully saturated rings. The molecular formula is C10H11NO2. The van der Waals surface area contributed by atoms with Gasteiger partial charge in [0.2, 0.25) is 0 Å². The molecule has 2 rings (SSSR count). The van der Waals surface area contributed by atoms with E-state index in [-0.39, 0.29) is 6.61 Å². The van der Waals surface area contributed by atoms with Gasteiger partial charge in [0.05, 0.1) is 18.9 Å². The molecular weight excluding hydrogens is 166 g/mol. The second-order valence-electron chi connectivity index (χ2n) is 2.98. The summed E-state index contributed by atoms with van der Waals surface area (Å²) in [5.74, 6) is 0.651. The van der Waals surface area contributed by atoms with Crippen molar-refractivity contribution in [1.82, 2.24) is 0 Å². The minimum atomic E-state index is -0.431. The summed E-state index contributed by atoms with van der Waals surface area (Å²) in [4.78, 5) is 0. The maximum absolute atomic E-state index is 8.88. The summed E-state index contributed by atoms with van der Waals surface area (Å²) in [5, 5.41) is 10.9. The summed E-state index contributed by atoms with van der Waals surface area (Å²) >= 11 is 0. The molecule has 0 aliphatic heterocycles. The average molecular weight is 177 g/mol. The molecule has 13 heavy (non-hydrogen) atoms. The van der Waals surface area contributed by atoms with Crippen LogP contribution in [0.4, 0.5) is 0 Å². The SMILES string of the molecule is NC(CO)c1occ2ccccc12. The molecule has 0 radical (unpaired) electrons. The van der Waals surface area contributed by atoms with Gasteiger partial charge < -0.3 is 15.3 Å². The predicted molar refractivity (Wildman–Crippen MR) is 50.2 cm³/mol. The van der Waals surface area contributed by atoms with Crippen molar-refractivity contribution in [3.05, 3.63) is 36.3 Å². The third-order valence-corrected chi connectivity index (χ3v) is 2.07. The summed E-state index contributed by atoms with van der Waals surface area (Å²) in [6, 6.07) is 7.31. The van der Waals surface area contributed by atoms with Crippen molar-refractivity contribution in [2.24, 2.45) is 5.73 Å². The van der Waals surface area contributed by atoms with Gasteiger partial charge in [-0.3, -0.25) is 0 Å². The fraction of sp³-hybridized carbons (Fsp3) is 0.200. The van der Waals surface area contributed by atoms with E-state index in [0.29, 0.717) is 5.76 Å². The zero-order valence-corrected chi connectivity index (χ0v) is 7.10. The molecule has 3 N–H and O–H groups in total. The molecule has 3 heteroatoms. The fourth-order valence-electron chi connectivity index (χ4n) is 1.38. The highest BCUT2D eigenvalue weighted by atomic mass is 16.3. The zero-order chi connectivity index (χ0) is 9.26. The van der Waals surface area contributed by atoms with Crippen LogP contribution < -0.4 is 5.73 Å². The molecule has 1 aromatic heterocycles. The van der Waals surface area contributed by atoms with Crippen LogP contribution in [0.25, 0.3) is 10.8 Å². The quantitative estimate of drug-likeness (QED) is 0.729. The lowest BCUT2D eigenvalue weighted by Gasteiger charge is -2.03. The molecule has 0 aliphatic rings. The van der Waals surface area contributed by atoms with Crippen molar-refractivity contribution in [1.29, 1.82) is 0 Å². The Morgan fingerprint density at radius 1 is 1.38 bits per heavy atom. The predicted octanol–water partition coefficient (Wildman–Crippen LogP) is 1.42. The van der Waals surface area contributed by atoms with E-state index < -0.39 is 6.04 Å². The number of benzene rings is 1.